The Kier molecular flexibility index (Phi) is 5.75. The molecule has 1 aliphatic heterocycles. The SMILES string of the molecule is COc1nc(C=Cc2nc3n(n2)CCCC3c2ccccc2CO)ccc1-n1cnc(C)c1. The minimum absolute atomic E-state index is 0.0235. The zero-order chi connectivity index (χ0) is 22.8. The van der Waals surface area contributed by atoms with Crippen molar-refractivity contribution in [3.05, 3.63) is 83.1 Å². The number of fused-ring (bicyclic) bond motifs is 1. The van der Waals surface area contributed by atoms with Gasteiger partial charge < -0.3 is 14.4 Å². The molecule has 4 heterocycles. The van der Waals surface area contributed by atoms with E-state index in [2.05, 4.69) is 16.0 Å². The van der Waals surface area contributed by atoms with Crippen LogP contribution in [0.4, 0.5) is 0 Å². The quantitative estimate of drug-likeness (QED) is 0.489. The molecule has 0 radical (unpaired) electrons. The monoisotopic (exact) mass is 442 g/mol. The van der Waals surface area contributed by atoms with Gasteiger partial charge in [-0.15, -0.1) is 0 Å². The summed E-state index contributed by atoms with van der Waals surface area (Å²) in [7, 11) is 1.61. The first-order valence-corrected chi connectivity index (χ1v) is 11.0. The number of aromatic nitrogens is 6. The van der Waals surface area contributed by atoms with Crippen LogP contribution < -0.4 is 4.74 Å². The molecular weight excluding hydrogens is 416 g/mol. The lowest BCUT2D eigenvalue weighted by Gasteiger charge is -2.24. The fraction of sp³-hybridized carbons (Fsp3) is 0.280. The fourth-order valence-electron chi connectivity index (χ4n) is 4.35. The van der Waals surface area contributed by atoms with Crippen molar-refractivity contribution in [2.24, 2.45) is 0 Å². The average molecular weight is 443 g/mol. The number of pyridine rings is 1. The summed E-state index contributed by atoms with van der Waals surface area (Å²) in [4.78, 5) is 13.7. The van der Waals surface area contributed by atoms with Crippen LogP contribution in [0.15, 0.2) is 48.9 Å². The molecule has 0 fully saturated rings. The number of ether oxygens (including phenoxy) is 1. The summed E-state index contributed by atoms with van der Waals surface area (Å²) >= 11 is 0. The first-order valence-electron chi connectivity index (χ1n) is 11.0. The van der Waals surface area contributed by atoms with E-state index in [1.807, 2.05) is 64.9 Å². The van der Waals surface area contributed by atoms with Gasteiger partial charge in [0.2, 0.25) is 5.88 Å². The van der Waals surface area contributed by atoms with Gasteiger partial charge in [0.1, 0.15) is 11.5 Å². The van der Waals surface area contributed by atoms with Crippen molar-refractivity contribution in [2.75, 3.05) is 7.11 Å². The Morgan fingerprint density at radius 3 is 2.82 bits per heavy atom. The van der Waals surface area contributed by atoms with Crippen molar-refractivity contribution < 1.29 is 9.84 Å². The zero-order valence-corrected chi connectivity index (χ0v) is 18.7. The molecule has 3 aromatic heterocycles. The topological polar surface area (TPSA) is 90.9 Å². The maximum Gasteiger partial charge on any atom is 0.238 e. The maximum atomic E-state index is 9.77. The highest BCUT2D eigenvalue weighted by Gasteiger charge is 2.26. The van der Waals surface area contributed by atoms with E-state index in [4.69, 9.17) is 14.8 Å². The molecule has 168 valence electrons. The summed E-state index contributed by atoms with van der Waals surface area (Å²) in [6.45, 7) is 2.81. The number of aliphatic hydroxyl groups is 1. The number of rotatable bonds is 6. The van der Waals surface area contributed by atoms with Crippen molar-refractivity contribution in [1.29, 1.82) is 0 Å². The van der Waals surface area contributed by atoms with E-state index >= 15 is 0 Å². The van der Waals surface area contributed by atoms with E-state index in [1.54, 1.807) is 13.4 Å². The predicted molar refractivity (Wildman–Crippen MR) is 125 cm³/mol. The van der Waals surface area contributed by atoms with Crippen molar-refractivity contribution >= 4 is 12.2 Å². The average Bonchev–Trinajstić information content (AvgIpc) is 3.48. The van der Waals surface area contributed by atoms with E-state index in [0.29, 0.717) is 11.7 Å². The van der Waals surface area contributed by atoms with Gasteiger partial charge in [-0.1, -0.05) is 24.3 Å². The molecule has 1 atom stereocenters. The molecule has 1 unspecified atom stereocenters. The van der Waals surface area contributed by atoms with E-state index in [9.17, 15) is 5.11 Å². The summed E-state index contributed by atoms with van der Waals surface area (Å²) in [6.07, 6.45) is 9.46. The smallest absolute Gasteiger partial charge is 0.238 e. The summed E-state index contributed by atoms with van der Waals surface area (Å²) < 4.78 is 9.38. The molecule has 0 aliphatic carbocycles. The van der Waals surface area contributed by atoms with Crippen LogP contribution in [-0.4, -0.2) is 41.5 Å². The Labute approximate surface area is 192 Å². The Bertz CT molecular complexity index is 1310. The van der Waals surface area contributed by atoms with Crippen LogP contribution in [0.1, 0.15) is 52.9 Å². The second-order valence-corrected chi connectivity index (χ2v) is 8.12. The highest BCUT2D eigenvalue weighted by molar-refractivity contribution is 5.65. The molecule has 1 N–H and O–H groups in total. The zero-order valence-electron chi connectivity index (χ0n) is 18.7. The van der Waals surface area contributed by atoms with Gasteiger partial charge in [0.25, 0.3) is 0 Å². The van der Waals surface area contributed by atoms with Crippen LogP contribution in [0, 0.1) is 6.92 Å². The number of methoxy groups -OCH3 is 1. The molecule has 1 aromatic carbocycles. The third-order valence-electron chi connectivity index (χ3n) is 5.94. The minimum Gasteiger partial charge on any atom is -0.479 e. The van der Waals surface area contributed by atoms with Crippen molar-refractivity contribution in [2.45, 2.75) is 38.8 Å². The van der Waals surface area contributed by atoms with Gasteiger partial charge in [0.15, 0.2) is 5.82 Å². The molecular formula is C25H26N6O2. The van der Waals surface area contributed by atoms with E-state index in [0.717, 1.165) is 53.4 Å². The third-order valence-corrected chi connectivity index (χ3v) is 5.94. The van der Waals surface area contributed by atoms with Gasteiger partial charge in [0.05, 0.1) is 31.4 Å². The summed E-state index contributed by atoms with van der Waals surface area (Å²) in [6, 6.07) is 11.9. The third kappa shape index (κ3) is 4.17. The molecule has 0 saturated carbocycles. The Hall–Kier alpha value is -3.78. The van der Waals surface area contributed by atoms with E-state index < -0.39 is 0 Å². The molecule has 0 bridgehead atoms. The van der Waals surface area contributed by atoms with Crippen molar-refractivity contribution in [3.8, 4) is 11.6 Å². The minimum atomic E-state index is 0.0235. The lowest BCUT2D eigenvalue weighted by Crippen LogP contribution is -2.19. The molecule has 0 saturated heterocycles. The summed E-state index contributed by atoms with van der Waals surface area (Å²) in [5.41, 5.74) is 4.58. The highest BCUT2D eigenvalue weighted by Crippen LogP contribution is 2.34. The Balaban J connectivity index is 1.42. The largest absolute Gasteiger partial charge is 0.479 e. The lowest BCUT2D eigenvalue weighted by molar-refractivity contribution is 0.279. The molecule has 0 amide bonds. The normalized spacial score (nSPS) is 15.7. The Morgan fingerprint density at radius 1 is 1.15 bits per heavy atom. The van der Waals surface area contributed by atoms with Crippen LogP contribution in [0.2, 0.25) is 0 Å². The summed E-state index contributed by atoms with van der Waals surface area (Å²) in [5, 5.41) is 14.5. The van der Waals surface area contributed by atoms with Crippen molar-refractivity contribution in [1.82, 2.24) is 29.3 Å². The highest BCUT2D eigenvalue weighted by atomic mass is 16.5. The number of nitrogens with zero attached hydrogens (tertiary/aromatic N) is 6. The second kappa shape index (κ2) is 8.99. The van der Waals surface area contributed by atoms with Crippen molar-refractivity contribution in [3.63, 3.8) is 0 Å². The van der Waals surface area contributed by atoms with E-state index in [1.165, 1.54) is 0 Å². The van der Waals surface area contributed by atoms with Gasteiger partial charge in [-0.3, -0.25) is 0 Å². The Morgan fingerprint density at radius 2 is 2.03 bits per heavy atom. The maximum absolute atomic E-state index is 9.77. The van der Waals surface area contributed by atoms with Crippen LogP contribution in [0.25, 0.3) is 17.8 Å². The number of benzene rings is 1. The van der Waals surface area contributed by atoms with Gasteiger partial charge in [-0.25, -0.2) is 19.6 Å². The fourth-order valence-corrected chi connectivity index (χ4v) is 4.35. The number of aryl methyl sites for hydroxylation is 2. The van der Waals surface area contributed by atoms with E-state index in [-0.39, 0.29) is 12.5 Å². The number of imidazole rings is 1. The number of aliphatic hydroxyl groups excluding tert-OH is 1. The predicted octanol–water partition coefficient (Wildman–Crippen LogP) is 3.76. The molecule has 0 spiro atoms. The van der Waals surface area contributed by atoms with Crippen LogP contribution in [0.5, 0.6) is 5.88 Å². The van der Waals surface area contributed by atoms with Gasteiger partial charge in [-0.2, -0.15) is 5.10 Å². The standard InChI is InChI=1S/C25H26N6O2/c1-17-14-30(16-26-17)22-11-9-19(27-25(22)33-2)10-12-23-28-24-21(8-5-13-31(24)29-23)20-7-4-3-6-18(20)15-32/h3-4,6-7,9-12,14,16,21,32H,5,8,13,15H2,1-2H3. The molecule has 4 aromatic rings. The number of hydrogen-bond donors (Lipinski definition) is 1. The van der Waals surface area contributed by atoms with Crippen LogP contribution in [-0.2, 0) is 13.2 Å². The summed E-state index contributed by atoms with van der Waals surface area (Å²) in [5.74, 6) is 2.24. The molecule has 8 heteroatoms. The van der Waals surface area contributed by atoms with Gasteiger partial charge >= 0.3 is 0 Å². The van der Waals surface area contributed by atoms with Crippen LogP contribution >= 0.6 is 0 Å². The molecule has 33 heavy (non-hydrogen) atoms. The van der Waals surface area contributed by atoms with Crippen LogP contribution in [0.3, 0.4) is 0 Å². The first kappa shape index (κ1) is 21.1. The first-order chi connectivity index (χ1) is 16.2. The number of hydrogen-bond acceptors (Lipinski definition) is 6. The van der Waals surface area contributed by atoms with Gasteiger partial charge in [0, 0.05) is 18.7 Å². The van der Waals surface area contributed by atoms with Gasteiger partial charge in [-0.05, 0) is 55.2 Å². The lowest BCUT2D eigenvalue weighted by atomic mass is 9.88. The molecule has 1 aliphatic rings. The molecule has 5 rings (SSSR count). The second-order valence-electron chi connectivity index (χ2n) is 8.12. The molecule has 8 nitrogen and oxygen atoms in total.